The van der Waals surface area contributed by atoms with Crippen LogP contribution in [0.2, 0.25) is 0 Å². The van der Waals surface area contributed by atoms with Gasteiger partial charge in [-0.2, -0.15) is 0 Å². The Labute approximate surface area is 95.3 Å². The average Bonchev–Trinajstić information content (AvgIpc) is 2.00. The highest BCUT2D eigenvalue weighted by Crippen LogP contribution is 2.50. The van der Waals surface area contributed by atoms with Crippen molar-refractivity contribution in [3.05, 3.63) is 0 Å². The second-order valence-corrected chi connectivity index (χ2v) is 7.06. The van der Waals surface area contributed by atoms with Crippen molar-refractivity contribution in [2.75, 3.05) is 0 Å². The molecule has 3 unspecified atom stereocenters. The van der Waals surface area contributed by atoms with Crippen molar-refractivity contribution in [2.24, 2.45) is 22.7 Å². The molecule has 1 aliphatic rings. The Morgan fingerprint density at radius 3 is 1.93 bits per heavy atom. The van der Waals surface area contributed by atoms with Crippen LogP contribution < -0.4 is 0 Å². The molecule has 0 aliphatic heterocycles. The van der Waals surface area contributed by atoms with Gasteiger partial charge in [-0.15, -0.1) is 0 Å². The highest BCUT2D eigenvalue weighted by molar-refractivity contribution is 4.94. The first-order valence-corrected chi connectivity index (χ1v) is 6.34. The lowest BCUT2D eigenvalue weighted by Gasteiger charge is -2.49. The molecule has 15 heavy (non-hydrogen) atoms. The molecular weight excluding hydrogens is 184 g/mol. The summed E-state index contributed by atoms with van der Waals surface area (Å²) in [4.78, 5) is 0. The molecule has 1 fully saturated rings. The number of rotatable bonds is 1. The topological polar surface area (TPSA) is 20.2 Å². The molecule has 90 valence electrons. The van der Waals surface area contributed by atoms with Gasteiger partial charge in [0.15, 0.2) is 0 Å². The van der Waals surface area contributed by atoms with Crippen LogP contribution in [0.15, 0.2) is 0 Å². The minimum atomic E-state index is -0.0945. The van der Waals surface area contributed by atoms with Crippen LogP contribution in [0.3, 0.4) is 0 Å². The van der Waals surface area contributed by atoms with Crippen molar-refractivity contribution in [2.45, 2.75) is 66.9 Å². The Bertz CT molecular complexity index is 212. The zero-order valence-electron chi connectivity index (χ0n) is 11.3. The summed E-state index contributed by atoms with van der Waals surface area (Å²) in [5, 5.41) is 10.2. The molecular formula is C14H28O. The molecule has 1 N–H and O–H groups in total. The van der Waals surface area contributed by atoms with Crippen LogP contribution in [0.5, 0.6) is 0 Å². The molecule has 0 radical (unpaired) electrons. The van der Waals surface area contributed by atoms with Crippen LogP contribution >= 0.6 is 0 Å². The van der Waals surface area contributed by atoms with Crippen LogP contribution in [0.1, 0.15) is 60.8 Å². The van der Waals surface area contributed by atoms with E-state index in [1.807, 2.05) is 0 Å². The van der Waals surface area contributed by atoms with Crippen molar-refractivity contribution in [1.29, 1.82) is 0 Å². The first-order valence-electron chi connectivity index (χ1n) is 6.34. The van der Waals surface area contributed by atoms with Gasteiger partial charge in [-0.25, -0.2) is 0 Å². The second-order valence-electron chi connectivity index (χ2n) is 7.06. The van der Waals surface area contributed by atoms with Gasteiger partial charge in [0.05, 0.1) is 6.10 Å². The lowest BCUT2D eigenvalue weighted by atomic mass is 9.57. The molecule has 1 aliphatic carbocycles. The highest BCUT2D eigenvalue weighted by Gasteiger charge is 2.44. The molecule has 0 saturated heterocycles. The van der Waals surface area contributed by atoms with Gasteiger partial charge in [0, 0.05) is 0 Å². The third-order valence-electron chi connectivity index (χ3n) is 4.94. The minimum absolute atomic E-state index is 0.0945. The van der Waals surface area contributed by atoms with Gasteiger partial charge in [-0.3, -0.25) is 0 Å². The maximum atomic E-state index is 10.2. The van der Waals surface area contributed by atoms with Gasteiger partial charge in [0.25, 0.3) is 0 Å². The van der Waals surface area contributed by atoms with Crippen molar-refractivity contribution in [3.8, 4) is 0 Å². The van der Waals surface area contributed by atoms with E-state index in [1.165, 1.54) is 12.8 Å². The Morgan fingerprint density at radius 1 is 1.00 bits per heavy atom. The summed E-state index contributed by atoms with van der Waals surface area (Å²) >= 11 is 0. The van der Waals surface area contributed by atoms with E-state index in [2.05, 4.69) is 41.5 Å². The van der Waals surface area contributed by atoms with Gasteiger partial charge < -0.3 is 5.11 Å². The third-order valence-corrected chi connectivity index (χ3v) is 4.94. The Hall–Kier alpha value is -0.0400. The van der Waals surface area contributed by atoms with Gasteiger partial charge in [0.1, 0.15) is 0 Å². The molecule has 0 aromatic carbocycles. The van der Waals surface area contributed by atoms with E-state index in [4.69, 9.17) is 0 Å². The quantitative estimate of drug-likeness (QED) is 0.700. The van der Waals surface area contributed by atoms with Crippen molar-refractivity contribution >= 4 is 0 Å². The zero-order valence-corrected chi connectivity index (χ0v) is 11.3. The van der Waals surface area contributed by atoms with Gasteiger partial charge >= 0.3 is 0 Å². The van der Waals surface area contributed by atoms with Crippen LogP contribution in [0.4, 0.5) is 0 Å². The highest BCUT2D eigenvalue weighted by atomic mass is 16.3. The molecule has 0 aromatic rings. The number of aliphatic hydroxyl groups excluding tert-OH is 1. The fraction of sp³-hybridized carbons (Fsp3) is 1.00. The lowest BCUT2D eigenvalue weighted by Crippen LogP contribution is -2.45. The second kappa shape index (κ2) is 4.08. The van der Waals surface area contributed by atoms with E-state index in [0.717, 1.165) is 6.42 Å². The normalized spacial score (nSPS) is 34.2. The zero-order chi connectivity index (χ0) is 11.9. The van der Waals surface area contributed by atoms with E-state index in [-0.39, 0.29) is 16.9 Å². The molecule has 0 aromatic heterocycles. The monoisotopic (exact) mass is 212 g/mol. The summed E-state index contributed by atoms with van der Waals surface area (Å²) in [5.41, 5.74) is 0.478. The first kappa shape index (κ1) is 13.0. The molecule has 3 atom stereocenters. The number of hydrogen-bond donors (Lipinski definition) is 1. The van der Waals surface area contributed by atoms with Gasteiger partial charge in [-0.1, -0.05) is 48.0 Å². The Morgan fingerprint density at radius 2 is 1.53 bits per heavy atom. The van der Waals surface area contributed by atoms with Crippen molar-refractivity contribution in [1.82, 2.24) is 0 Å². The molecule has 1 saturated carbocycles. The summed E-state index contributed by atoms with van der Waals surface area (Å²) in [7, 11) is 0. The summed E-state index contributed by atoms with van der Waals surface area (Å²) in [6.07, 6.45) is 3.36. The predicted molar refractivity (Wildman–Crippen MR) is 65.7 cm³/mol. The van der Waals surface area contributed by atoms with Crippen molar-refractivity contribution in [3.63, 3.8) is 0 Å². The summed E-state index contributed by atoms with van der Waals surface area (Å²) in [5.74, 6) is 1.17. The Kier molecular flexibility index (Phi) is 3.55. The molecule has 1 nitrogen and oxygen atoms in total. The maximum Gasteiger partial charge on any atom is 0.0576 e. The van der Waals surface area contributed by atoms with Crippen LogP contribution in [-0.4, -0.2) is 11.2 Å². The maximum absolute atomic E-state index is 10.2. The van der Waals surface area contributed by atoms with Crippen LogP contribution in [0, 0.1) is 22.7 Å². The summed E-state index contributed by atoms with van der Waals surface area (Å²) in [6.45, 7) is 13.8. The fourth-order valence-electron chi connectivity index (χ4n) is 2.75. The van der Waals surface area contributed by atoms with Crippen LogP contribution in [0.25, 0.3) is 0 Å². The average molecular weight is 212 g/mol. The SMILES string of the molecule is CC1CCC(C(C)(C)C(C)(C)C)C(O)C1. The van der Waals surface area contributed by atoms with Crippen molar-refractivity contribution < 1.29 is 5.11 Å². The van der Waals surface area contributed by atoms with Gasteiger partial charge in [0.2, 0.25) is 0 Å². The molecule has 0 heterocycles. The standard InChI is InChI=1S/C14H28O/c1-10-7-8-11(12(15)9-10)14(5,6)13(2,3)4/h10-12,15H,7-9H2,1-6H3. The molecule has 1 heteroatoms. The molecule has 0 bridgehead atoms. The first-order chi connectivity index (χ1) is 6.66. The van der Waals surface area contributed by atoms with E-state index < -0.39 is 0 Å². The molecule has 0 spiro atoms. The van der Waals surface area contributed by atoms with E-state index >= 15 is 0 Å². The smallest absolute Gasteiger partial charge is 0.0576 e. The summed E-state index contributed by atoms with van der Waals surface area (Å²) in [6, 6.07) is 0. The minimum Gasteiger partial charge on any atom is -0.393 e. The molecule has 1 rings (SSSR count). The largest absolute Gasteiger partial charge is 0.393 e. The van der Waals surface area contributed by atoms with Gasteiger partial charge in [-0.05, 0) is 35.5 Å². The number of hydrogen-bond acceptors (Lipinski definition) is 1. The molecule has 0 amide bonds. The fourth-order valence-corrected chi connectivity index (χ4v) is 2.75. The van der Waals surface area contributed by atoms with E-state index in [0.29, 0.717) is 11.8 Å². The Balaban J connectivity index is 2.79. The van der Waals surface area contributed by atoms with Crippen LogP contribution in [-0.2, 0) is 0 Å². The van der Waals surface area contributed by atoms with E-state index in [1.54, 1.807) is 0 Å². The summed E-state index contributed by atoms with van der Waals surface area (Å²) < 4.78 is 0. The van der Waals surface area contributed by atoms with E-state index in [9.17, 15) is 5.11 Å². The third kappa shape index (κ3) is 2.55. The number of aliphatic hydroxyl groups is 1. The lowest BCUT2D eigenvalue weighted by molar-refractivity contribution is -0.0602. The predicted octanol–water partition coefficient (Wildman–Crippen LogP) is 3.86.